The summed E-state index contributed by atoms with van der Waals surface area (Å²) in [5.41, 5.74) is 0.748. The highest BCUT2D eigenvalue weighted by Crippen LogP contribution is 2.30. The number of amides is 1. The smallest absolute Gasteiger partial charge is 0.264 e. The molecule has 3 aromatic rings. The third kappa shape index (κ3) is 4.63. The molecule has 0 atom stereocenters. The fourth-order valence-electron chi connectivity index (χ4n) is 4.24. The Morgan fingerprint density at radius 1 is 1.19 bits per heavy atom. The van der Waals surface area contributed by atoms with Crippen LogP contribution in [0.25, 0.3) is 11.1 Å². The minimum Gasteiger partial charge on any atom is -0.443 e. The molecule has 4 rings (SSSR count). The van der Waals surface area contributed by atoms with Crippen molar-refractivity contribution in [3.8, 4) is 0 Å². The Morgan fingerprint density at radius 3 is 2.53 bits per heavy atom. The van der Waals surface area contributed by atoms with Crippen LogP contribution in [0.2, 0.25) is 0 Å². The number of fused-ring (bicyclic) bond motifs is 1. The summed E-state index contributed by atoms with van der Waals surface area (Å²) in [6, 6.07) is 11.0. The van der Waals surface area contributed by atoms with Gasteiger partial charge in [-0.15, -0.1) is 0 Å². The van der Waals surface area contributed by atoms with Crippen LogP contribution in [0.4, 0.5) is 5.69 Å². The second-order valence-electron chi connectivity index (χ2n) is 8.75. The standard InChI is InChI=1S/C23H27N3O5S/c1-16(2)14-23(28)10-12-26(13-11-23)22(27)17-6-8-18(9-7-17)25-32(29,30)20-5-3-4-19-21(20)24-15-31-19/h3-9,15-16,25,28H,10-14H2,1-2H3. The largest absolute Gasteiger partial charge is 0.443 e. The highest BCUT2D eigenvalue weighted by molar-refractivity contribution is 7.93. The maximum Gasteiger partial charge on any atom is 0.264 e. The summed E-state index contributed by atoms with van der Waals surface area (Å²) in [7, 11) is -3.88. The van der Waals surface area contributed by atoms with Crippen molar-refractivity contribution in [3.63, 3.8) is 0 Å². The van der Waals surface area contributed by atoms with Crippen molar-refractivity contribution >= 4 is 32.7 Å². The van der Waals surface area contributed by atoms with Gasteiger partial charge >= 0.3 is 0 Å². The summed E-state index contributed by atoms with van der Waals surface area (Å²) in [5, 5.41) is 10.7. The van der Waals surface area contributed by atoms with E-state index in [9.17, 15) is 18.3 Å². The molecule has 1 saturated heterocycles. The fourth-order valence-corrected chi connectivity index (χ4v) is 5.46. The Bertz CT molecular complexity index is 1210. The maximum atomic E-state index is 12.9. The van der Waals surface area contributed by atoms with Crippen LogP contribution in [-0.4, -0.2) is 48.0 Å². The lowest BCUT2D eigenvalue weighted by atomic mass is 9.84. The number of piperidine rings is 1. The average Bonchev–Trinajstić information content (AvgIpc) is 3.22. The number of likely N-dealkylation sites (tertiary alicyclic amines) is 1. The molecule has 1 fully saturated rings. The van der Waals surface area contributed by atoms with Gasteiger partial charge in [-0.3, -0.25) is 9.52 Å². The van der Waals surface area contributed by atoms with Crippen LogP contribution in [0.1, 0.15) is 43.5 Å². The quantitative estimate of drug-likeness (QED) is 0.584. The molecule has 170 valence electrons. The molecule has 1 aromatic heterocycles. The Labute approximate surface area is 187 Å². The number of carbonyl (C=O) groups is 1. The summed E-state index contributed by atoms with van der Waals surface area (Å²) in [5.74, 6) is 0.271. The van der Waals surface area contributed by atoms with E-state index >= 15 is 0 Å². The van der Waals surface area contributed by atoms with Gasteiger partial charge in [-0.05, 0) is 61.6 Å². The molecule has 8 nitrogen and oxygen atoms in total. The molecule has 0 aliphatic carbocycles. The summed E-state index contributed by atoms with van der Waals surface area (Å²) >= 11 is 0. The molecule has 32 heavy (non-hydrogen) atoms. The minimum absolute atomic E-state index is 0.0195. The van der Waals surface area contributed by atoms with Gasteiger partial charge in [0, 0.05) is 24.3 Å². The molecule has 1 aliphatic rings. The summed E-state index contributed by atoms with van der Waals surface area (Å²) in [6.45, 7) is 5.16. The number of aliphatic hydroxyl groups is 1. The molecule has 0 spiro atoms. The lowest BCUT2D eigenvalue weighted by Gasteiger charge is -2.39. The number of nitrogens with one attached hydrogen (secondary N) is 1. The van der Waals surface area contributed by atoms with Crippen LogP contribution in [0.5, 0.6) is 0 Å². The van der Waals surface area contributed by atoms with Gasteiger partial charge in [0.2, 0.25) is 0 Å². The third-order valence-corrected chi connectivity index (χ3v) is 7.18. The van der Waals surface area contributed by atoms with E-state index in [4.69, 9.17) is 4.42 Å². The average molecular weight is 458 g/mol. The SMILES string of the molecule is CC(C)CC1(O)CCN(C(=O)c2ccc(NS(=O)(=O)c3cccc4ocnc34)cc2)CC1. The topological polar surface area (TPSA) is 113 Å². The molecule has 9 heteroatoms. The zero-order valence-corrected chi connectivity index (χ0v) is 18.9. The first-order valence-electron chi connectivity index (χ1n) is 10.6. The number of para-hydroxylation sites is 1. The first-order chi connectivity index (χ1) is 15.2. The van der Waals surface area contributed by atoms with Crippen LogP contribution >= 0.6 is 0 Å². The van der Waals surface area contributed by atoms with E-state index in [2.05, 4.69) is 23.6 Å². The second kappa shape index (κ2) is 8.55. The van der Waals surface area contributed by atoms with Crippen LogP contribution in [-0.2, 0) is 10.0 Å². The highest BCUT2D eigenvalue weighted by Gasteiger charge is 2.34. The van der Waals surface area contributed by atoms with E-state index in [0.29, 0.717) is 48.7 Å². The number of rotatable bonds is 6. The number of benzene rings is 2. The molecule has 2 N–H and O–H groups in total. The molecule has 2 aromatic carbocycles. The van der Waals surface area contributed by atoms with Gasteiger partial charge in [0.05, 0.1) is 5.60 Å². The number of nitrogens with zero attached hydrogens (tertiary/aromatic N) is 2. The van der Waals surface area contributed by atoms with Gasteiger partial charge in [-0.1, -0.05) is 19.9 Å². The molecule has 0 radical (unpaired) electrons. The monoisotopic (exact) mass is 457 g/mol. The van der Waals surface area contributed by atoms with Gasteiger partial charge in [-0.2, -0.15) is 0 Å². The molecule has 0 saturated carbocycles. The molecular formula is C23H27N3O5S. The zero-order valence-electron chi connectivity index (χ0n) is 18.1. The number of sulfonamides is 1. The van der Waals surface area contributed by atoms with Crippen molar-refractivity contribution in [2.75, 3.05) is 17.8 Å². The Balaban J connectivity index is 1.43. The zero-order chi connectivity index (χ0) is 22.9. The molecular weight excluding hydrogens is 430 g/mol. The van der Waals surface area contributed by atoms with Gasteiger partial charge in [0.25, 0.3) is 15.9 Å². The second-order valence-corrected chi connectivity index (χ2v) is 10.4. The van der Waals surface area contributed by atoms with E-state index < -0.39 is 15.6 Å². The normalized spacial score (nSPS) is 16.4. The van der Waals surface area contributed by atoms with E-state index in [1.807, 2.05) is 0 Å². The summed E-state index contributed by atoms with van der Waals surface area (Å²) < 4.78 is 33.3. The number of carbonyl (C=O) groups excluding carboxylic acids is 1. The number of hydrogen-bond donors (Lipinski definition) is 2. The van der Waals surface area contributed by atoms with E-state index in [1.54, 1.807) is 41.3 Å². The van der Waals surface area contributed by atoms with E-state index in [0.717, 1.165) is 6.42 Å². The van der Waals surface area contributed by atoms with Crippen molar-refractivity contribution in [2.45, 2.75) is 43.6 Å². The fraction of sp³-hybridized carbons (Fsp3) is 0.391. The van der Waals surface area contributed by atoms with Crippen molar-refractivity contribution in [1.82, 2.24) is 9.88 Å². The van der Waals surface area contributed by atoms with E-state index in [1.165, 1.54) is 12.5 Å². The molecule has 1 amide bonds. The van der Waals surface area contributed by atoms with Crippen LogP contribution in [0.3, 0.4) is 0 Å². The minimum atomic E-state index is -3.88. The third-order valence-electron chi connectivity index (χ3n) is 5.77. The molecule has 0 bridgehead atoms. The van der Waals surface area contributed by atoms with Gasteiger partial charge in [0.15, 0.2) is 12.0 Å². The molecule has 2 heterocycles. The Morgan fingerprint density at radius 2 is 1.88 bits per heavy atom. The van der Waals surface area contributed by atoms with Gasteiger partial charge < -0.3 is 14.4 Å². The predicted octanol–water partition coefficient (Wildman–Crippen LogP) is 3.64. The highest BCUT2D eigenvalue weighted by atomic mass is 32.2. The van der Waals surface area contributed by atoms with Crippen molar-refractivity contribution < 1.29 is 22.7 Å². The van der Waals surface area contributed by atoms with Gasteiger partial charge in [-0.25, -0.2) is 13.4 Å². The van der Waals surface area contributed by atoms with E-state index in [-0.39, 0.29) is 16.3 Å². The molecule has 1 aliphatic heterocycles. The molecule has 0 unspecified atom stereocenters. The Hall–Kier alpha value is -2.91. The summed E-state index contributed by atoms with van der Waals surface area (Å²) in [6.07, 6.45) is 3.05. The number of hydrogen-bond acceptors (Lipinski definition) is 6. The van der Waals surface area contributed by atoms with Crippen molar-refractivity contribution in [2.24, 2.45) is 5.92 Å². The lowest BCUT2D eigenvalue weighted by molar-refractivity contribution is -0.0311. The van der Waals surface area contributed by atoms with Crippen LogP contribution in [0.15, 0.2) is 58.2 Å². The first kappa shape index (κ1) is 22.3. The predicted molar refractivity (Wildman–Crippen MR) is 121 cm³/mol. The van der Waals surface area contributed by atoms with Crippen LogP contribution in [0, 0.1) is 5.92 Å². The number of anilines is 1. The Kier molecular flexibility index (Phi) is 5.96. The number of oxazole rings is 1. The lowest BCUT2D eigenvalue weighted by Crippen LogP contribution is -2.47. The number of aromatic nitrogens is 1. The van der Waals surface area contributed by atoms with Crippen molar-refractivity contribution in [3.05, 3.63) is 54.4 Å². The maximum absolute atomic E-state index is 12.9. The van der Waals surface area contributed by atoms with Gasteiger partial charge in [0.1, 0.15) is 10.4 Å². The summed E-state index contributed by atoms with van der Waals surface area (Å²) in [4.78, 5) is 18.6. The first-order valence-corrected chi connectivity index (χ1v) is 12.1. The van der Waals surface area contributed by atoms with Crippen molar-refractivity contribution in [1.29, 1.82) is 0 Å². The van der Waals surface area contributed by atoms with Crippen LogP contribution < -0.4 is 4.72 Å².